The molecular weight excluding hydrogens is 436 g/mol. The maximum absolute atomic E-state index is 13.7. The molecule has 0 aliphatic heterocycles. The molecule has 2 aliphatic carbocycles. The molecule has 34 heavy (non-hydrogen) atoms. The monoisotopic (exact) mass is 468 g/mol. The summed E-state index contributed by atoms with van der Waals surface area (Å²) >= 11 is 0. The van der Waals surface area contributed by atoms with Gasteiger partial charge in [-0.1, -0.05) is 12.5 Å². The van der Waals surface area contributed by atoms with Crippen LogP contribution in [0, 0.1) is 5.92 Å². The molecule has 2 aliphatic rings. The van der Waals surface area contributed by atoms with E-state index in [0.29, 0.717) is 30.4 Å². The van der Waals surface area contributed by atoms with E-state index in [0.717, 1.165) is 24.1 Å². The zero-order chi connectivity index (χ0) is 25.0. The summed E-state index contributed by atoms with van der Waals surface area (Å²) < 4.78 is 5.38. The number of nitrogens with two attached hydrogens (primary N) is 2. The summed E-state index contributed by atoms with van der Waals surface area (Å²) in [6.45, 7) is 0. The number of aromatic nitrogens is 1. The number of rotatable bonds is 3. The highest BCUT2D eigenvalue weighted by atomic mass is 16.3. The van der Waals surface area contributed by atoms with Gasteiger partial charge in [0.05, 0.1) is 22.9 Å². The van der Waals surface area contributed by atoms with Crippen molar-refractivity contribution in [2.45, 2.75) is 38.5 Å². The summed E-state index contributed by atoms with van der Waals surface area (Å²) in [5.74, 6) is -0.983. The molecule has 1 atom stereocenters. The number of benzene rings is 1. The third-order valence-electron chi connectivity index (χ3n) is 6.30. The van der Waals surface area contributed by atoms with Gasteiger partial charge in [0.25, 0.3) is 0 Å². The van der Waals surface area contributed by atoms with Gasteiger partial charge in [-0.25, -0.2) is 4.98 Å². The molecule has 0 saturated carbocycles. The predicted octanol–water partition coefficient (Wildman–Crippen LogP) is 3.23. The number of aliphatic hydroxyl groups is 1. The number of carbonyl (C=O) groups excluding carboxylic acids is 2. The van der Waals surface area contributed by atoms with Gasteiger partial charge in [0, 0.05) is 31.8 Å². The van der Waals surface area contributed by atoms with Gasteiger partial charge in [0.2, 0.25) is 11.8 Å². The number of primary amides is 1. The predicted molar refractivity (Wildman–Crippen MR) is 130 cm³/mol. The van der Waals surface area contributed by atoms with E-state index in [4.69, 9.17) is 10.2 Å². The number of aliphatic hydroxyl groups excluding tert-OH is 1. The van der Waals surface area contributed by atoms with E-state index in [1.54, 1.807) is 12.1 Å². The highest BCUT2D eigenvalue weighted by molar-refractivity contribution is 6.15. The van der Waals surface area contributed by atoms with Crippen LogP contribution >= 0.6 is 0 Å². The summed E-state index contributed by atoms with van der Waals surface area (Å²) in [7, 11) is 5.28. The molecule has 182 valence electrons. The molecule has 6 N–H and O–H groups in total. The van der Waals surface area contributed by atoms with Crippen molar-refractivity contribution < 1.29 is 24.2 Å². The molecule has 9 heteroatoms. The topological polar surface area (TPSA) is 156 Å². The van der Waals surface area contributed by atoms with Gasteiger partial charge in [0.1, 0.15) is 17.8 Å². The van der Waals surface area contributed by atoms with Crippen molar-refractivity contribution in [3.05, 3.63) is 52.6 Å². The summed E-state index contributed by atoms with van der Waals surface area (Å²) in [5, 5.41) is 21.5. The largest absolute Gasteiger partial charge is 0.511 e. The van der Waals surface area contributed by atoms with Crippen molar-refractivity contribution >= 4 is 17.4 Å². The normalized spacial score (nSPS) is 21.8. The first-order valence-electron chi connectivity index (χ1n) is 11.3. The van der Waals surface area contributed by atoms with Crippen LogP contribution in [0.1, 0.15) is 48.0 Å². The van der Waals surface area contributed by atoms with Crippen molar-refractivity contribution in [3.63, 3.8) is 0 Å². The minimum Gasteiger partial charge on any atom is -0.511 e. The van der Waals surface area contributed by atoms with Crippen LogP contribution in [0.3, 0.4) is 0 Å². The first kappa shape index (κ1) is 25.0. The van der Waals surface area contributed by atoms with E-state index >= 15 is 0 Å². The van der Waals surface area contributed by atoms with Gasteiger partial charge in [0.15, 0.2) is 5.78 Å². The molecular formula is C25H32N4O5. The van der Waals surface area contributed by atoms with Crippen molar-refractivity contribution in [1.82, 2.24) is 4.98 Å². The van der Waals surface area contributed by atoms with Gasteiger partial charge in [-0.3, -0.25) is 9.59 Å². The Morgan fingerprint density at radius 3 is 2.59 bits per heavy atom. The first-order chi connectivity index (χ1) is 16.3. The number of nitrogens with zero attached hydrogens (tertiary/aromatic N) is 2. The molecule has 9 nitrogen and oxygen atoms in total. The Labute approximate surface area is 198 Å². The van der Waals surface area contributed by atoms with Crippen LogP contribution in [0.25, 0.3) is 11.5 Å². The number of allylic oxidation sites excluding steroid dienone is 2. The summed E-state index contributed by atoms with van der Waals surface area (Å²) in [6.07, 6.45) is 7.87. The smallest absolute Gasteiger partial charge is 0.248 e. The van der Waals surface area contributed by atoms with Crippen molar-refractivity contribution in [3.8, 4) is 17.2 Å². The van der Waals surface area contributed by atoms with Gasteiger partial charge < -0.3 is 31.0 Å². The molecule has 0 radical (unpaired) electrons. The van der Waals surface area contributed by atoms with E-state index in [1.165, 1.54) is 19.5 Å². The number of fused-ring (bicyclic) bond motifs is 2. The number of carbonyl (C=O) groups is 2. The quantitative estimate of drug-likeness (QED) is 0.535. The van der Waals surface area contributed by atoms with E-state index in [2.05, 4.69) is 10.7 Å². The fraction of sp³-hybridized carbons (Fsp3) is 0.400. The van der Waals surface area contributed by atoms with Crippen LogP contribution in [0.4, 0.5) is 5.69 Å². The van der Waals surface area contributed by atoms with Gasteiger partial charge in [-0.15, -0.1) is 0 Å². The zero-order valence-corrected chi connectivity index (χ0v) is 19.8. The number of Topliss-reactive ketones (excluding diaryl/α,β-unsaturated/α-hetero) is 1. The van der Waals surface area contributed by atoms with Crippen molar-refractivity contribution in [1.29, 1.82) is 0 Å². The molecule has 0 fully saturated rings. The highest BCUT2D eigenvalue weighted by Gasteiger charge is 2.36. The maximum Gasteiger partial charge on any atom is 0.248 e. The minimum atomic E-state index is -0.637. The molecule has 1 heterocycles. The number of oxazole rings is 1. The lowest BCUT2D eigenvalue weighted by Crippen LogP contribution is -2.27. The zero-order valence-electron chi connectivity index (χ0n) is 19.8. The van der Waals surface area contributed by atoms with Crippen LogP contribution in [0.15, 0.2) is 45.9 Å². The lowest BCUT2D eigenvalue weighted by atomic mass is 9.74. The van der Waals surface area contributed by atoms with Gasteiger partial charge in [-0.05, 0) is 50.3 Å². The average Bonchev–Trinajstić information content (AvgIpc) is 3.34. The number of phenolic OH excluding ortho intramolecular Hbond substituents is 1. The van der Waals surface area contributed by atoms with E-state index in [1.807, 2.05) is 19.0 Å². The van der Waals surface area contributed by atoms with Crippen molar-refractivity contribution in [2.24, 2.45) is 17.4 Å². The molecule has 4 rings (SSSR count). The second-order valence-electron chi connectivity index (χ2n) is 8.51. The fourth-order valence-corrected chi connectivity index (χ4v) is 4.70. The van der Waals surface area contributed by atoms with E-state index < -0.39 is 5.91 Å². The molecule has 2 aromatic rings. The summed E-state index contributed by atoms with van der Waals surface area (Å²) in [4.78, 5) is 31.4. The molecule has 1 aromatic carbocycles. The summed E-state index contributed by atoms with van der Waals surface area (Å²) in [6, 6.07) is 1.80. The summed E-state index contributed by atoms with van der Waals surface area (Å²) in [5.41, 5.74) is 12.9. The SMILES string of the molecule is CN.CN(C)c1cc(-c2ncco2)c(O)c2c1CC1CCCC/C(C(N)=O)=C(/O)C/C=C\1C2=O. The number of amides is 1. The molecule has 0 spiro atoms. The minimum absolute atomic E-state index is 0.0383. The lowest BCUT2D eigenvalue weighted by Gasteiger charge is -2.31. The highest BCUT2D eigenvalue weighted by Crippen LogP contribution is 2.46. The molecule has 1 unspecified atom stereocenters. The van der Waals surface area contributed by atoms with Crippen LogP contribution in [0.2, 0.25) is 0 Å². The number of anilines is 1. The van der Waals surface area contributed by atoms with Crippen LogP contribution in [-0.2, 0) is 11.2 Å². The molecule has 1 amide bonds. The Hall–Kier alpha value is -3.59. The Morgan fingerprint density at radius 1 is 1.24 bits per heavy atom. The molecule has 0 saturated heterocycles. The maximum atomic E-state index is 13.7. The first-order valence-corrected chi connectivity index (χ1v) is 11.3. The number of hydrogen-bond acceptors (Lipinski definition) is 8. The number of aromatic hydroxyl groups is 1. The molecule has 1 aromatic heterocycles. The lowest BCUT2D eigenvalue weighted by molar-refractivity contribution is -0.114. The van der Waals surface area contributed by atoms with Gasteiger partial charge in [-0.2, -0.15) is 0 Å². The average molecular weight is 469 g/mol. The van der Waals surface area contributed by atoms with Gasteiger partial charge >= 0.3 is 0 Å². The Balaban J connectivity index is 0.00000158. The molecule has 0 bridgehead atoms. The van der Waals surface area contributed by atoms with Crippen LogP contribution < -0.4 is 16.4 Å². The number of hydrogen-bond donors (Lipinski definition) is 4. The number of ketones is 1. The standard InChI is InChI=1S/C24H27N3O5.CH5N/c1-27(2)18-12-17(24-26-9-10-32-24)22(30)20-16(18)11-13-5-3-4-6-15(23(25)31)19(28)8-7-14(13)21(20)29;1-2/h7,9-10,12-13,28,30H,3-6,8,11H2,1-2H3,(H2,25,31);2H2,1H3/b14-7+,19-15-;. The van der Waals surface area contributed by atoms with E-state index in [9.17, 15) is 19.8 Å². The second kappa shape index (κ2) is 10.6. The van der Waals surface area contributed by atoms with Crippen molar-refractivity contribution in [2.75, 3.05) is 26.0 Å². The number of phenols is 1. The Kier molecular flexibility index (Phi) is 7.78. The third-order valence-corrected chi connectivity index (χ3v) is 6.30. The third kappa shape index (κ3) is 4.70. The van der Waals surface area contributed by atoms with E-state index in [-0.39, 0.29) is 46.7 Å². The Bertz CT molecular complexity index is 1130. The Morgan fingerprint density at radius 2 is 1.97 bits per heavy atom. The van der Waals surface area contributed by atoms with Crippen LogP contribution in [-0.4, -0.2) is 48.0 Å². The van der Waals surface area contributed by atoms with Crippen LogP contribution in [0.5, 0.6) is 5.75 Å². The second-order valence-corrected chi connectivity index (χ2v) is 8.51. The fourth-order valence-electron chi connectivity index (χ4n) is 4.70.